The summed E-state index contributed by atoms with van der Waals surface area (Å²) < 4.78 is 10.1. The highest BCUT2D eigenvalue weighted by molar-refractivity contribution is 5.82. The minimum Gasteiger partial charge on any atom is -0.467 e. The number of allylic oxidation sites excluding steroid dienone is 1. The van der Waals surface area contributed by atoms with E-state index in [0.29, 0.717) is 13.0 Å². The van der Waals surface area contributed by atoms with Crippen molar-refractivity contribution in [2.45, 2.75) is 45.3 Å². The standard InChI is InChI=1S/C14H23NO4/c1-6-7-10-8-9-15(11(10)12(16)18-5)13(17)19-14(2,3)4/h6,10-11H,1,7-9H2,2-5H3/t10-,11-/m1/s1. The molecule has 1 saturated heterocycles. The van der Waals surface area contributed by atoms with Crippen LogP contribution in [0.1, 0.15) is 33.6 Å². The molecular formula is C14H23NO4. The molecule has 1 aliphatic heterocycles. The summed E-state index contributed by atoms with van der Waals surface area (Å²) in [4.78, 5) is 25.4. The van der Waals surface area contributed by atoms with E-state index >= 15 is 0 Å². The van der Waals surface area contributed by atoms with Gasteiger partial charge in [0, 0.05) is 6.54 Å². The van der Waals surface area contributed by atoms with Gasteiger partial charge in [0.1, 0.15) is 11.6 Å². The second-order valence-corrected chi connectivity index (χ2v) is 5.71. The van der Waals surface area contributed by atoms with E-state index in [9.17, 15) is 9.59 Å². The van der Waals surface area contributed by atoms with Gasteiger partial charge >= 0.3 is 12.1 Å². The third kappa shape index (κ3) is 3.98. The Hall–Kier alpha value is -1.52. The Morgan fingerprint density at radius 2 is 2.05 bits per heavy atom. The molecular weight excluding hydrogens is 246 g/mol. The summed E-state index contributed by atoms with van der Waals surface area (Å²) in [5, 5.41) is 0. The van der Waals surface area contributed by atoms with E-state index in [0.717, 1.165) is 6.42 Å². The lowest BCUT2D eigenvalue weighted by Gasteiger charge is -2.28. The van der Waals surface area contributed by atoms with Crippen LogP contribution in [0.15, 0.2) is 12.7 Å². The van der Waals surface area contributed by atoms with Crippen LogP contribution in [0.4, 0.5) is 4.79 Å². The fraction of sp³-hybridized carbons (Fsp3) is 0.714. The highest BCUT2D eigenvalue weighted by Crippen LogP contribution is 2.29. The molecule has 1 aliphatic rings. The van der Waals surface area contributed by atoms with Crippen LogP contribution < -0.4 is 0 Å². The molecule has 0 N–H and O–H groups in total. The molecule has 1 amide bonds. The average Bonchev–Trinajstić information content (AvgIpc) is 2.70. The van der Waals surface area contributed by atoms with Crippen molar-refractivity contribution in [1.29, 1.82) is 0 Å². The molecule has 0 aliphatic carbocycles. The molecule has 0 aromatic carbocycles. The van der Waals surface area contributed by atoms with Crippen LogP contribution in [-0.2, 0) is 14.3 Å². The van der Waals surface area contributed by atoms with E-state index in [1.54, 1.807) is 26.8 Å². The number of esters is 1. The van der Waals surface area contributed by atoms with Crippen molar-refractivity contribution in [2.75, 3.05) is 13.7 Å². The summed E-state index contributed by atoms with van der Waals surface area (Å²) in [5.74, 6) is -0.340. The van der Waals surface area contributed by atoms with Crippen LogP contribution in [0.5, 0.6) is 0 Å². The van der Waals surface area contributed by atoms with Crippen molar-refractivity contribution in [3.63, 3.8) is 0 Å². The third-order valence-corrected chi connectivity index (χ3v) is 3.06. The highest BCUT2D eigenvalue weighted by Gasteiger charge is 2.43. The Bertz CT molecular complexity index is 359. The molecule has 0 bridgehead atoms. The number of amides is 1. The lowest BCUT2D eigenvalue weighted by molar-refractivity contribution is -0.147. The average molecular weight is 269 g/mol. The molecule has 0 radical (unpaired) electrons. The van der Waals surface area contributed by atoms with Crippen molar-refractivity contribution >= 4 is 12.1 Å². The number of methoxy groups -OCH3 is 1. The van der Waals surface area contributed by atoms with E-state index < -0.39 is 23.7 Å². The normalized spacial score (nSPS) is 23.1. The van der Waals surface area contributed by atoms with Gasteiger partial charge in [-0.15, -0.1) is 6.58 Å². The predicted molar refractivity (Wildman–Crippen MR) is 71.7 cm³/mol. The van der Waals surface area contributed by atoms with E-state index in [-0.39, 0.29) is 5.92 Å². The van der Waals surface area contributed by atoms with Gasteiger partial charge in [0.25, 0.3) is 0 Å². The number of hydrogen-bond acceptors (Lipinski definition) is 4. The molecule has 0 aromatic heterocycles. The third-order valence-electron chi connectivity index (χ3n) is 3.06. The first-order valence-electron chi connectivity index (χ1n) is 6.48. The van der Waals surface area contributed by atoms with E-state index in [1.165, 1.54) is 12.0 Å². The smallest absolute Gasteiger partial charge is 0.411 e. The van der Waals surface area contributed by atoms with E-state index in [1.807, 2.05) is 0 Å². The number of hydrogen-bond donors (Lipinski definition) is 0. The fourth-order valence-corrected chi connectivity index (χ4v) is 2.28. The van der Waals surface area contributed by atoms with Gasteiger partial charge in [-0.1, -0.05) is 6.08 Å². The zero-order valence-corrected chi connectivity index (χ0v) is 12.1. The van der Waals surface area contributed by atoms with Gasteiger partial charge in [-0.05, 0) is 39.5 Å². The lowest BCUT2D eigenvalue weighted by Crippen LogP contribution is -2.46. The van der Waals surface area contributed by atoms with Crippen molar-refractivity contribution < 1.29 is 19.1 Å². The van der Waals surface area contributed by atoms with Gasteiger partial charge in [-0.2, -0.15) is 0 Å². The maximum absolute atomic E-state index is 12.1. The van der Waals surface area contributed by atoms with Crippen LogP contribution in [-0.4, -0.2) is 42.3 Å². The number of rotatable bonds is 3. The number of likely N-dealkylation sites (tertiary alicyclic amines) is 1. The molecule has 0 aromatic rings. The van der Waals surface area contributed by atoms with Gasteiger partial charge in [-0.25, -0.2) is 9.59 Å². The summed E-state index contributed by atoms with van der Waals surface area (Å²) >= 11 is 0. The molecule has 2 atom stereocenters. The molecule has 1 rings (SSSR count). The quantitative estimate of drug-likeness (QED) is 0.583. The molecule has 1 heterocycles. The summed E-state index contributed by atoms with van der Waals surface area (Å²) in [6.07, 6.45) is 2.73. The summed E-state index contributed by atoms with van der Waals surface area (Å²) in [7, 11) is 1.33. The fourth-order valence-electron chi connectivity index (χ4n) is 2.28. The van der Waals surface area contributed by atoms with Crippen LogP contribution >= 0.6 is 0 Å². The van der Waals surface area contributed by atoms with Gasteiger partial charge in [0.2, 0.25) is 0 Å². The Kier molecular flexibility index (Phi) is 4.97. The zero-order valence-electron chi connectivity index (χ0n) is 12.1. The van der Waals surface area contributed by atoms with Crippen LogP contribution in [0, 0.1) is 5.92 Å². The van der Waals surface area contributed by atoms with E-state index in [4.69, 9.17) is 9.47 Å². The summed E-state index contributed by atoms with van der Waals surface area (Å²) in [6, 6.07) is -0.571. The second-order valence-electron chi connectivity index (χ2n) is 5.71. The molecule has 19 heavy (non-hydrogen) atoms. The Morgan fingerprint density at radius 1 is 1.42 bits per heavy atom. The SMILES string of the molecule is C=CC[C@@H]1CCN(C(=O)OC(C)(C)C)[C@H]1C(=O)OC. The first-order chi connectivity index (χ1) is 8.80. The van der Waals surface area contributed by atoms with Gasteiger partial charge in [-0.3, -0.25) is 4.90 Å². The maximum Gasteiger partial charge on any atom is 0.411 e. The van der Waals surface area contributed by atoms with Crippen LogP contribution in [0.2, 0.25) is 0 Å². The largest absolute Gasteiger partial charge is 0.467 e. The minimum absolute atomic E-state index is 0.0532. The van der Waals surface area contributed by atoms with Crippen LogP contribution in [0.3, 0.4) is 0 Å². The van der Waals surface area contributed by atoms with Gasteiger partial charge in [0.15, 0.2) is 0 Å². The van der Waals surface area contributed by atoms with Crippen molar-refractivity contribution in [1.82, 2.24) is 4.90 Å². The van der Waals surface area contributed by atoms with Crippen molar-refractivity contribution in [2.24, 2.45) is 5.92 Å². The number of carbonyl (C=O) groups excluding carboxylic acids is 2. The zero-order chi connectivity index (χ0) is 14.6. The lowest BCUT2D eigenvalue weighted by atomic mass is 9.97. The first-order valence-corrected chi connectivity index (χ1v) is 6.48. The predicted octanol–water partition coefficient (Wildman–Crippen LogP) is 2.36. The molecule has 5 nitrogen and oxygen atoms in total. The maximum atomic E-state index is 12.1. The molecule has 0 unspecified atom stereocenters. The number of ether oxygens (including phenoxy) is 2. The molecule has 0 saturated carbocycles. The molecule has 0 spiro atoms. The second kappa shape index (κ2) is 6.08. The van der Waals surface area contributed by atoms with E-state index in [2.05, 4.69) is 6.58 Å². The monoisotopic (exact) mass is 269 g/mol. The Balaban J connectivity index is 2.84. The minimum atomic E-state index is -0.575. The van der Waals surface area contributed by atoms with Crippen LogP contribution in [0.25, 0.3) is 0 Å². The van der Waals surface area contributed by atoms with Crippen molar-refractivity contribution in [3.8, 4) is 0 Å². The number of carbonyl (C=O) groups is 2. The highest BCUT2D eigenvalue weighted by atomic mass is 16.6. The molecule has 108 valence electrons. The summed E-state index contributed by atoms with van der Waals surface area (Å²) in [5.41, 5.74) is -0.575. The Morgan fingerprint density at radius 3 is 2.53 bits per heavy atom. The molecule has 1 fully saturated rings. The molecule has 5 heteroatoms. The topological polar surface area (TPSA) is 55.8 Å². The van der Waals surface area contributed by atoms with Gasteiger partial charge < -0.3 is 9.47 Å². The van der Waals surface area contributed by atoms with Gasteiger partial charge in [0.05, 0.1) is 7.11 Å². The van der Waals surface area contributed by atoms with Crippen molar-refractivity contribution in [3.05, 3.63) is 12.7 Å². The first kappa shape index (κ1) is 15.5. The number of nitrogens with zero attached hydrogens (tertiary/aromatic N) is 1. The Labute approximate surface area is 114 Å². The summed E-state index contributed by atoms with van der Waals surface area (Å²) in [6.45, 7) is 9.60.